The zero-order valence-corrected chi connectivity index (χ0v) is 25.6. The number of hydrogen-bond acceptors (Lipinski definition) is 13. The van der Waals surface area contributed by atoms with E-state index in [9.17, 15) is 30.3 Å². The second-order valence-electron chi connectivity index (χ2n) is 10.6. The van der Waals surface area contributed by atoms with Crippen LogP contribution in [0.1, 0.15) is 0 Å². The summed E-state index contributed by atoms with van der Waals surface area (Å²) in [5.74, 6) is 0.868. The number of nitrogens with zero attached hydrogens (tertiary/aromatic N) is 8. The van der Waals surface area contributed by atoms with Crippen LogP contribution in [0.5, 0.6) is 5.75 Å². The number of rotatable bonds is 10. The van der Waals surface area contributed by atoms with E-state index in [1.165, 1.54) is 67.8 Å². The van der Waals surface area contributed by atoms with Gasteiger partial charge in [-0.25, -0.2) is 0 Å². The Morgan fingerprint density at radius 3 is 1.44 bits per heavy atom. The lowest BCUT2D eigenvalue weighted by Gasteiger charge is -2.14. The lowest BCUT2D eigenvalue weighted by atomic mass is 10.1. The van der Waals surface area contributed by atoms with Crippen LogP contribution in [0.4, 0.5) is 17.1 Å². The Kier molecular flexibility index (Phi) is 7.81. The normalized spacial score (nSPS) is 11.0. The number of hydrogen-bond donors (Lipinski definition) is 0. The lowest BCUT2D eigenvalue weighted by molar-refractivity contribution is -0.385. The van der Waals surface area contributed by atoms with Crippen LogP contribution in [0.15, 0.2) is 112 Å². The molecule has 0 atom stereocenters. The average molecular weight is 673 g/mol. The van der Waals surface area contributed by atoms with Gasteiger partial charge in [-0.15, -0.1) is 20.4 Å². The minimum absolute atomic E-state index is 0.0512. The molecule has 7 aromatic rings. The van der Waals surface area contributed by atoms with E-state index < -0.39 is 14.8 Å². The molecule has 0 fully saturated rings. The Morgan fingerprint density at radius 1 is 0.560 bits per heavy atom. The predicted molar refractivity (Wildman–Crippen MR) is 175 cm³/mol. The maximum atomic E-state index is 11.5. The Balaban J connectivity index is 1.43. The van der Waals surface area contributed by atoms with E-state index in [0.717, 1.165) is 0 Å². The first kappa shape index (κ1) is 31.1. The predicted octanol–water partition coefficient (Wildman–Crippen LogP) is 7.31. The van der Waals surface area contributed by atoms with Gasteiger partial charge in [-0.05, 0) is 72.3 Å². The molecule has 0 aliphatic rings. The highest BCUT2D eigenvalue weighted by Crippen LogP contribution is 2.42. The van der Waals surface area contributed by atoms with Crippen molar-refractivity contribution in [2.45, 2.75) is 0 Å². The second kappa shape index (κ2) is 12.6. The number of methoxy groups -OCH3 is 1. The van der Waals surface area contributed by atoms with Gasteiger partial charge >= 0.3 is 0 Å². The molecular weight excluding hydrogens is 652 g/mol. The Hall–Kier alpha value is -7.56. The van der Waals surface area contributed by atoms with Gasteiger partial charge in [0.1, 0.15) is 11.4 Å². The van der Waals surface area contributed by atoms with Crippen LogP contribution in [-0.2, 0) is 0 Å². The highest BCUT2D eigenvalue weighted by Gasteiger charge is 2.27. The number of aromatic nitrogens is 5. The summed E-state index contributed by atoms with van der Waals surface area (Å²) in [6.45, 7) is 0. The molecule has 0 N–H and O–H groups in total. The van der Waals surface area contributed by atoms with Crippen LogP contribution in [0.25, 0.3) is 62.9 Å². The van der Waals surface area contributed by atoms with Crippen molar-refractivity contribution in [3.8, 4) is 68.6 Å². The van der Waals surface area contributed by atoms with Crippen molar-refractivity contribution < 1.29 is 28.3 Å². The molecule has 246 valence electrons. The fraction of sp³-hybridized carbons (Fsp3) is 0.0303. The average Bonchev–Trinajstić information content (AvgIpc) is 3.91. The van der Waals surface area contributed by atoms with E-state index in [4.69, 9.17) is 13.6 Å². The maximum absolute atomic E-state index is 11.5. The molecule has 0 aliphatic carbocycles. The van der Waals surface area contributed by atoms with E-state index in [1.807, 2.05) is 0 Å². The monoisotopic (exact) mass is 672 g/mol. The van der Waals surface area contributed by atoms with E-state index in [0.29, 0.717) is 45.1 Å². The van der Waals surface area contributed by atoms with E-state index >= 15 is 0 Å². The summed E-state index contributed by atoms with van der Waals surface area (Å²) < 4.78 is 19.4. The molecule has 4 aromatic carbocycles. The van der Waals surface area contributed by atoms with Crippen LogP contribution < -0.4 is 4.74 Å². The Labute approximate surface area is 279 Å². The Bertz CT molecular complexity index is 2380. The third-order valence-electron chi connectivity index (χ3n) is 7.63. The first-order chi connectivity index (χ1) is 24.2. The van der Waals surface area contributed by atoms with Crippen molar-refractivity contribution in [3.05, 3.63) is 133 Å². The molecule has 3 heterocycles. The molecule has 50 heavy (non-hydrogen) atoms. The molecule has 0 aliphatic heterocycles. The van der Waals surface area contributed by atoms with E-state index in [-0.39, 0.29) is 40.6 Å². The zero-order chi connectivity index (χ0) is 34.9. The highest BCUT2D eigenvalue weighted by molar-refractivity contribution is 5.85. The van der Waals surface area contributed by atoms with E-state index in [2.05, 4.69) is 20.4 Å². The van der Waals surface area contributed by atoms with Gasteiger partial charge in [-0.2, -0.15) is 0 Å². The summed E-state index contributed by atoms with van der Waals surface area (Å²) in [7, 11) is 1.53. The van der Waals surface area contributed by atoms with Gasteiger partial charge in [-0.3, -0.25) is 30.3 Å². The summed E-state index contributed by atoms with van der Waals surface area (Å²) in [6, 6.07) is 25.8. The molecule has 0 spiro atoms. The molecule has 3 aromatic heterocycles. The van der Waals surface area contributed by atoms with Crippen molar-refractivity contribution >= 4 is 17.1 Å². The van der Waals surface area contributed by atoms with Gasteiger partial charge in [-0.1, -0.05) is 0 Å². The molecule has 0 unspecified atom stereocenters. The molecule has 0 saturated carbocycles. The first-order valence-electron chi connectivity index (χ1n) is 14.5. The van der Waals surface area contributed by atoms with Crippen LogP contribution >= 0.6 is 0 Å². The molecule has 17 heteroatoms. The third-order valence-corrected chi connectivity index (χ3v) is 7.63. The molecule has 0 radical (unpaired) electrons. The quantitative estimate of drug-likeness (QED) is 0.103. The minimum Gasteiger partial charge on any atom is -0.497 e. The summed E-state index contributed by atoms with van der Waals surface area (Å²) in [5, 5.41) is 50.7. The summed E-state index contributed by atoms with van der Waals surface area (Å²) in [6.07, 6.45) is 0. The lowest BCUT2D eigenvalue weighted by Crippen LogP contribution is -2.01. The number of benzene rings is 4. The second-order valence-corrected chi connectivity index (χ2v) is 10.6. The van der Waals surface area contributed by atoms with Crippen molar-refractivity contribution in [1.82, 2.24) is 25.0 Å². The van der Waals surface area contributed by atoms with Gasteiger partial charge in [0.05, 0.1) is 33.1 Å². The Morgan fingerprint density at radius 2 is 0.980 bits per heavy atom. The molecule has 7 rings (SSSR count). The van der Waals surface area contributed by atoms with Gasteiger partial charge in [0, 0.05) is 53.2 Å². The topological polar surface area (TPSA) is 221 Å². The van der Waals surface area contributed by atoms with Crippen LogP contribution in [0.3, 0.4) is 0 Å². The van der Waals surface area contributed by atoms with Gasteiger partial charge < -0.3 is 18.1 Å². The minimum atomic E-state index is -0.520. The molecular formula is C33H20N8O9. The fourth-order valence-electron chi connectivity index (χ4n) is 5.20. The van der Waals surface area contributed by atoms with Gasteiger partial charge in [0.25, 0.3) is 23.0 Å². The van der Waals surface area contributed by atoms with Crippen molar-refractivity contribution in [2.24, 2.45) is 0 Å². The molecule has 0 saturated heterocycles. The van der Waals surface area contributed by atoms with Crippen LogP contribution in [0.2, 0.25) is 0 Å². The van der Waals surface area contributed by atoms with Crippen molar-refractivity contribution in [1.29, 1.82) is 0 Å². The van der Waals surface area contributed by atoms with Gasteiger partial charge in [0.15, 0.2) is 0 Å². The van der Waals surface area contributed by atoms with Crippen molar-refractivity contribution in [3.63, 3.8) is 0 Å². The third kappa shape index (κ3) is 5.77. The van der Waals surface area contributed by atoms with Crippen molar-refractivity contribution in [2.75, 3.05) is 7.11 Å². The fourth-order valence-corrected chi connectivity index (χ4v) is 5.20. The molecule has 0 amide bonds. The number of non-ortho nitro benzene ring substituents is 3. The summed E-state index contributed by atoms with van der Waals surface area (Å²) >= 11 is 0. The zero-order valence-electron chi connectivity index (χ0n) is 25.6. The number of nitro benzene ring substituents is 3. The van der Waals surface area contributed by atoms with Gasteiger partial charge in [0.2, 0.25) is 17.7 Å². The molecule has 17 nitrogen and oxygen atoms in total. The maximum Gasteiger partial charge on any atom is 0.269 e. The number of nitro groups is 3. The SMILES string of the molecule is COc1ccc(-n2c(-c3nnc(-c4ccc([N+](=O)[O-])cc4)o3)cc(-c3nnc(-c4ccc([N+](=O)[O-])cc4)o3)c2-c2ccc([N+](=O)[O-])cc2)cc1. The largest absolute Gasteiger partial charge is 0.497 e. The summed E-state index contributed by atoms with van der Waals surface area (Å²) in [5.41, 5.74) is 2.89. The van der Waals surface area contributed by atoms with Crippen LogP contribution in [-0.4, -0.2) is 46.8 Å². The highest BCUT2D eigenvalue weighted by atomic mass is 16.6. The standard InChI is InChI=1S/C33H20N8O9/c1-48-26-16-14-22(15-17-26)38-28(33-37-35-31(50-33)21-6-12-25(13-7-21)41(46)47)18-27(29(38)19-2-8-23(9-3-19)39(42)43)32-36-34-30(49-32)20-4-10-24(11-5-20)40(44)45/h2-18H,1H3. The first-order valence-corrected chi connectivity index (χ1v) is 14.5. The summed E-state index contributed by atoms with van der Waals surface area (Å²) in [4.78, 5) is 32.3. The smallest absolute Gasteiger partial charge is 0.269 e. The number of ether oxygens (including phenoxy) is 1. The molecule has 0 bridgehead atoms. The van der Waals surface area contributed by atoms with Crippen LogP contribution in [0, 0.1) is 30.3 Å². The van der Waals surface area contributed by atoms with E-state index in [1.54, 1.807) is 47.0 Å².